The third-order valence-electron chi connectivity index (χ3n) is 13.0. The van der Waals surface area contributed by atoms with Gasteiger partial charge in [0.1, 0.15) is 11.2 Å². The van der Waals surface area contributed by atoms with Gasteiger partial charge in [-0.1, -0.05) is 142 Å². The zero-order valence-electron chi connectivity index (χ0n) is 34.0. The fourth-order valence-corrected chi connectivity index (χ4v) is 9.57. The highest BCUT2D eigenvalue weighted by molar-refractivity contribution is 6.07. The summed E-state index contributed by atoms with van der Waals surface area (Å²) >= 11 is 0. The van der Waals surface area contributed by atoms with Crippen molar-refractivity contribution in [2.45, 2.75) is 51.6 Å². The Hall–Kier alpha value is -6.73. The van der Waals surface area contributed by atoms with Crippen molar-refractivity contribution in [1.82, 2.24) is 5.32 Å². The summed E-state index contributed by atoms with van der Waals surface area (Å²) in [7, 11) is 0. The average Bonchev–Trinajstić information content (AvgIpc) is 3.76. The molecule has 0 saturated heterocycles. The molecule has 2 aliphatic carbocycles. The number of benzene rings is 7. The Morgan fingerprint density at radius 2 is 1.20 bits per heavy atom. The highest BCUT2D eigenvalue weighted by Crippen LogP contribution is 2.50. The number of furan rings is 1. The van der Waals surface area contributed by atoms with Crippen molar-refractivity contribution in [2.24, 2.45) is 5.92 Å². The molecule has 0 radical (unpaired) electrons. The van der Waals surface area contributed by atoms with E-state index in [0.717, 1.165) is 39.5 Å². The summed E-state index contributed by atoms with van der Waals surface area (Å²) in [5.41, 5.74) is 18.2. The van der Waals surface area contributed by atoms with Crippen LogP contribution >= 0.6 is 0 Å². The molecule has 0 bridgehead atoms. The molecule has 59 heavy (non-hydrogen) atoms. The van der Waals surface area contributed by atoms with E-state index < -0.39 is 0 Å². The fourth-order valence-electron chi connectivity index (χ4n) is 9.57. The van der Waals surface area contributed by atoms with Crippen LogP contribution in [0.15, 0.2) is 174 Å². The Kier molecular flexibility index (Phi) is 9.04. The molecule has 0 saturated carbocycles. The number of hydrogen-bond donors (Lipinski definition) is 1. The SMILES string of the molecule is CCC1C=CC=C(c2ccccc2)[C@H]1NC(C)c1ccc(-c2cccc(-c3ccc4oc5ccc(-c6ccc7c(c6)C(C)(C)c6cc(C#N)ccc6-7)cc5c4c3)c2)cc1. The van der Waals surface area contributed by atoms with Crippen LogP contribution in [0, 0.1) is 17.2 Å². The van der Waals surface area contributed by atoms with Gasteiger partial charge < -0.3 is 9.73 Å². The number of nitrogens with zero attached hydrogens (tertiary/aromatic N) is 1. The van der Waals surface area contributed by atoms with Crippen molar-refractivity contribution in [3.63, 3.8) is 0 Å². The molecular weight excluding hydrogens is 717 g/mol. The Bertz CT molecular complexity index is 3010. The summed E-state index contributed by atoms with van der Waals surface area (Å²) in [4.78, 5) is 0. The minimum absolute atomic E-state index is 0.190. The molecule has 8 aromatic rings. The lowest BCUT2D eigenvalue weighted by atomic mass is 9.81. The van der Waals surface area contributed by atoms with Crippen LogP contribution in [0.25, 0.3) is 72.0 Å². The largest absolute Gasteiger partial charge is 0.456 e. The highest BCUT2D eigenvalue weighted by Gasteiger charge is 2.36. The first-order valence-electron chi connectivity index (χ1n) is 20.9. The van der Waals surface area contributed by atoms with Crippen LogP contribution < -0.4 is 5.32 Å². The van der Waals surface area contributed by atoms with Gasteiger partial charge in [0.2, 0.25) is 0 Å². The zero-order valence-corrected chi connectivity index (χ0v) is 34.0. The second kappa shape index (κ2) is 14.6. The molecule has 1 heterocycles. The van der Waals surface area contributed by atoms with Gasteiger partial charge in [-0.3, -0.25) is 0 Å². The number of nitriles is 1. The molecule has 286 valence electrons. The van der Waals surface area contributed by atoms with E-state index in [0.29, 0.717) is 11.5 Å². The van der Waals surface area contributed by atoms with E-state index in [1.165, 1.54) is 61.2 Å². The zero-order chi connectivity index (χ0) is 40.3. The standard InChI is InChI=1S/C56H46N2O/c1-5-37-13-10-16-46(40-11-7-6-8-12-40)55(37)58-35(2)38-18-20-39(21-19-38)41-14-9-15-42(30-41)43-23-27-53-49(31-43)50-32-44(24-28-54(50)59-53)45-22-26-48-47-25-17-36(34-57)29-51(47)56(3,4)52(48)33-45/h6-33,35,37,55,58H,5H2,1-4H3/t35?,37?,55-/m0/s1. The summed E-state index contributed by atoms with van der Waals surface area (Å²) in [6.07, 6.45) is 7.93. The number of allylic oxidation sites excluding steroid dienone is 2. The van der Waals surface area contributed by atoms with E-state index in [2.05, 4.69) is 203 Å². The molecule has 2 aliphatic rings. The van der Waals surface area contributed by atoms with Gasteiger partial charge in [-0.05, 0) is 140 Å². The predicted molar refractivity (Wildman–Crippen MR) is 245 cm³/mol. The topological polar surface area (TPSA) is 49.0 Å². The lowest BCUT2D eigenvalue weighted by Gasteiger charge is -2.33. The van der Waals surface area contributed by atoms with Gasteiger partial charge in [0.15, 0.2) is 0 Å². The number of nitrogens with one attached hydrogen (secondary N) is 1. The first kappa shape index (κ1) is 36.6. The maximum Gasteiger partial charge on any atom is 0.135 e. The van der Waals surface area contributed by atoms with E-state index >= 15 is 0 Å². The second-order valence-corrected chi connectivity index (χ2v) is 16.8. The van der Waals surface area contributed by atoms with Crippen molar-refractivity contribution in [3.8, 4) is 50.6 Å². The van der Waals surface area contributed by atoms with E-state index in [4.69, 9.17) is 4.42 Å². The molecule has 7 aromatic carbocycles. The van der Waals surface area contributed by atoms with Crippen molar-refractivity contribution in [3.05, 3.63) is 198 Å². The molecule has 0 amide bonds. The summed E-state index contributed by atoms with van der Waals surface area (Å²) in [6, 6.07) is 57.4. The smallest absolute Gasteiger partial charge is 0.135 e. The quantitative estimate of drug-likeness (QED) is 0.168. The normalized spacial score (nSPS) is 17.0. The third kappa shape index (κ3) is 6.42. The van der Waals surface area contributed by atoms with Crippen LogP contribution in [0.4, 0.5) is 0 Å². The van der Waals surface area contributed by atoms with Crippen LogP contribution in [-0.4, -0.2) is 6.04 Å². The number of fused-ring (bicyclic) bond motifs is 6. The van der Waals surface area contributed by atoms with E-state index in [1.807, 2.05) is 6.07 Å². The molecule has 1 N–H and O–H groups in total. The average molecular weight is 763 g/mol. The van der Waals surface area contributed by atoms with Gasteiger partial charge in [0.25, 0.3) is 0 Å². The predicted octanol–water partition coefficient (Wildman–Crippen LogP) is 14.5. The molecule has 0 aliphatic heterocycles. The second-order valence-electron chi connectivity index (χ2n) is 16.8. The highest BCUT2D eigenvalue weighted by atomic mass is 16.3. The van der Waals surface area contributed by atoms with E-state index in [-0.39, 0.29) is 17.5 Å². The van der Waals surface area contributed by atoms with Gasteiger partial charge in [0.05, 0.1) is 11.6 Å². The van der Waals surface area contributed by atoms with Crippen LogP contribution in [-0.2, 0) is 5.41 Å². The maximum absolute atomic E-state index is 9.58. The summed E-state index contributed by atoms with van der Waals surface area (Å²) in [5, 5.41) is 15.8. The summed E-state index contributed by atoms with van der Waals surface area (Å²) in [6.45, 7) is 9.08. The van der Waals surface area contributed by atoms with E-state index in [1.54, 1.807) is 0 Å². The van der Waals surface area contributed by atoms with Gasteiger partial charge in [-0.2, -0.15) is 5.26 Å². The number of rotatable bonds is 8. The molecule has 0 spiro atoms. The van der Waals surface area contributed by atoms with Crippen LogP contribution in [0.3, 0.4) is 0 Å². The Morgan fingerprint density at radius 1 is 0.627 bits per heavy atom. The van der Waals surface area contributed by atoms with Gasteiger partial charge in [-0.25, -0.2) is 0 Å². The fraction of sp³-hybridized carbons (Fsp3) is 0.161. The first-order valence-corrected chi connectivity index (χ1v) is 20.9. The Morgan fingerprint density at radius 3 is 1.88 bits per heavy atom. The Balaban J connectivity index is 0.913. The van der Waals surface area contributed by atoms with Crippen molar-refractivity contribution >= 4 is 27.5 Å². The van der Waals surface area contributed by atoms with Gasteiger partial charge in [0, 0.05) is 28.3 Å². The summed E-state index contributed by atoms with van der Waals surface area (Å²) in [5.74, 6) is 0.443. The molecule has 2 unspecified atom stereocenters. The van der Waals surface area contributed by atoms with Gasteiger partial charge >= 0.3 is 0 Å². The number of hydrogen-bond acceptors (Lipinski definition) is 3. The van der Waals surface area contributed by atoms with E-state index in [9.17, 15) is 5.26 Å². The van der Waals surface area contributed by atoms with Crippen molar-refractivity contribution < 1.29 is 4.42 Å². The first-order chi connectivity index (χ1) is 28.8. The van der Waals surface area contributed by atoms with Crippen LogP contribution in [0.1, 0.15) is 68.0 Å². The van der Waals surface area contributed by atoms with Crippen molar-refractivity contribution in [2.75, 3.05) is 0 Å². The maximum atomic E-state index is 9.58. The van der Waals surface area contributed by atoms with Crippen LogP contribution in [0.2, 0.25) is 0 Å². The molecule has 3 heteroatoms. The lowest BCUT2D eigenvalue weighted by molar-refractivity contribution is 0.426. The van der Waals surface area contributed by atoms with Crippen LogP contribution in [0.5, 0.6) is 0 Å². The monoisotopic (exact) mass is 762 g/mol. The molecule has 1 aromatic heterocycles. The third-order valence-corrected chi connectivity index (χ3v) is 13.0. The van der Waals surface area contributed by atoms with Gasteiger partial charge in [-0.15, -0.1) is 0 Å². The molecule has 3 atom stereocenters. The summed E-state index contributed by atoms with van der Waals surface area (Å²) < 4.78 is 6.38. The molecule has 10 rings (SSSR count). The Labute approximate surface area is 347 Å². The minimum Gasteiger partial charge on any atom is -0.456 e. The minimum atomic E-state index is -0.197. The molecule has 0 fully saturated rings. The molecular formula is C56H46N2O. The molecule has 3 nitrogen and oxygen atoms in total. The van der Waals surface area contributed by atoms with Crippen molar-refractivity contribution in [1.29, 1.82) is 5.26 Å². The lowest BCUT2D eigenvalue weighted by Crippen LogP contribution is -2.39.